The molecular formula is C19H19Cl2N3OS. The van der Waals surface area contributed by atoms with E-state index in [9.17, 15) is 0 Å². The topological polar surface area (TPSA) is 43.9 Å². The number of benzene rings is 1. The van der Waals surface area contributed by atoms with Crippen LogP contribution in [0.1, 0.15) is 43.7 Å². The van der Waals surface area contributed by atoms with E-state index in [-0.39, 0.29) is 0 Å². The number of furan rings is 1. The molecule has 0 bridgehead atoms. The van der Waals surface area contributed by atoms with Gasteiger partial charge in [-0.25, -0.2) is 0 Å². The van der Waals surface area contributed by atoms with Gasteiger partial charge in [0.25, 0.3) is 0 Å². The molecule has 0 spiro atoms. The molecule has 2 aromatic heterocycles. The molecule has 26 heavy (non-hydrogen) atoms. The molecule has 0 radical (unpaired) electrons. The lowest BCUT2D eigenvalue weighted by atomic mass is 9.95. The largest absolute Gasteiger partial charge is 0.461 e. The van der Waals surface area contributed by atoms with Gasteiger partial charge in [-0.3, -0.25) is 4.57 Å². The van der Waals surface area contributed by atoms with Gasteiger partial charge in [0.05, 0.1) is 6.26 Å². The highest BCUT2D eigenvalue weighted by molar-refractivity contribution is 7.98. The van der Waals surface area contributed by atoms with Crippen LogP contribution >= 0.6 is 35.0 Å². The third-order valence-electron chi connectivity index (χ3n) is 4.75. The van der Waals surface area contributed by atoms with Gasteiger partial charge >= 0.3 is 0 Å². The summed E-state index contributed by atoms with van der Waals surface area (Å²) in [6, 6.07) is 9.81. The standard InChI is InChI=1S/C19H19Cl2N3OS/c20-15-8-4-9-16(21)14(15)12-26-19-23-22-18(17-10-5-11-25-17)24(19)13-6-2-1-3-7-13/h4-5,8-11,13H,1-3,6-7,12H2. The summed E-state index contributed by atoms with van der Waals surface area (Å²) in [4.78, 5) is 0. The zero-order valence-electron chi connectivity index (χ0n) is 14.2. The quantitative estimate of drug-likeness (QED) is 0.444. The van der Waals surface area contributed by atoms with Crippen molar-refractivity contribution in [3.05, 3.63) is 52.2 Å². The second-order valence-corrected chi connectivity index (χ2v) is 8.19. The molecule has 0 aliphatic heterocycles. The Morgan fingerprint density at radius 1 is 1.04 bits per heavy atom. The molecule has 4 nitrogen and oxygen atoms in total. The molecule has 1 fully saturated rings. The summed E-state index contributed by atoms with van der Waals surface area (Å²) in [7, 11) is 0. The van der Waals surface area contributed by atoms with Gasteiger partial charge in [-0.1, -0.05) is 60.3 Å². The maximum atomic E-state index is 6.32. The minimum atomic E-state index is 0.406. The van der Waals surface area contributed by atoms with E-state index in [0.717, 1.165) is 35.1 Å². The number of thioether (sulfide) groups is 1. The molecule has 0 unspecified atom stereocenters. The highest BCUT2D eigenvalue weighted by atomic mass is 35.5. The molecule has 1 aromatic carbocycles. The van der Waals surface area contributed by atoms with Crippen molar-refractivity contribution in [2.45, 2.75) is 49.1 Å². The van der Waals surface area contributed by atoms with Crippen LogP contribution in [0.5, 0.6) is 0 Å². The smallest absolute Gasteiger partial charge is 0.200 e. The lowest BCUT2D eigenvalue weighted by Gasteiger charge is -2.25. The second-order valence-electron chi connectivity index (χ2n) is 6.43. The number of halogens is 2. The predicted octanol–water partition coefficient (Wildman–Crippen LogP) is 6.64. The first-order valence-corrected chi connectivity index (χ1v) is 10.5. The first kappa shape index (κ1) is 18.0. The maximum absolute atomic E-state index is 6.32. The van der Waals surface area contributed by atoms with Gasteiger partial charge in [0.2, 0.25) is 5.82 Å². The fourth-order valence-corrected chi connectivity index (χ4v) is 5.17. The molecule has 2 heterocycles. The molecule has 4 rings (SSSR count). The van der Waals surface area contributed by atoms with Crippen LogP contribution < -0.4 is 0 Å². The zero-order valence-corrected chi connectivity index (χ0v) is 16.5. The van der Waals surface area contributed by atoms with Gasteiger partial charge in [-0.2, -0.15) is 0 Å². The Morgan fingerprint density at radius 2 is 1.81 bits per heavy atom. The molecule has 3 aromatic rings. The number of rotatable bonds is 5. The van der Waals surface area contributed by atoms with Gasteiger partial charge in [0, 0.05) is 21.8 Å². The summed E-state index contributed by atoms with van der Waals surface area (Å²) in [6.45, 7) is 0. The van der Waals surface area contributed by atoms with Gasteiger partial charge in [-0.15, -0.1) is 10.2 Å². The van der Waals surface area contributed by atoms with E-state index in [1.165, 1.54) is 19.3 Å². The van der Waals surface area contributed by atoms with E-state index in [0.29, 0.717) is 21.8 Å². The molecule has 0 amide bonds. The predicted molar refractivity (Wildman–Crippen MR) is 106 cm³/mol. The van der Waals surface area contributed by atoms with Crippen molar-refractivity contribution in [1.29, 1.82) is 0 Å². The Kier molecular flexibility index (Phi) is 5.57. The SMILES string of the molecule is Clc1cccc(Cl)c1CSc1nnc(-c2ccco2)n1C1CCCCC1. The molecule has 1 aliphatic rings. The van der Waals surface area contributed by atoms with Crippen LogP contribution in [0.4, 0.5) is 0 Å². The second kappa shape index (κ2) is 8.07. The summed E-state index contributed by atoms with van der Waals surface area (Å²) >= 11 is 14.2. The third kappa shape index (κ3) is 3.66. The maximum Gasteiger partial charge on any atom is 0.200 e. The van der Waals surface area contributed by atoms with Crippen LogP contribution in [0.15, 0.2) is 46.2 Å². The van der Waals surface area contributed by atoms with Crippen molar-refractivity contribution in [3.63, 3.8) is 0 Å². The normalized spacial score (nSPS) is 15.5. The zero-order chi connectivity index (χ0) is 17.9. The Balaban J connectivity index is 1.65. The van der Waals surface area contributed by atoms with Crippen LogP contribution in [-0.4, -0.2) is 14.8 Å². The molecule has 1 saturated carbocycles. The fourth-order valence-electron chi connectivity index (χ4n) is 3.42. The van der Waals surface area contributed by atoms with Crippen molar-refractivity contribution >= 4 is 35.0 Å². The van der Waals surface area contributed by atoms with Crippen LogP contribution in [0.25, 0.3) is 11.6 Å². The first-order valence-electron chi connectivity index (χ1n) is 8.78. The van der Waals surface area contributed by atoms with Crippen LogP contribution in [-0.2, 0) is 5.75 Å². The summed E-state index contributed by atoms with van der Waals surface area (Å²) in [5, 5.41) is 11.1. The molecule has 0 atom stereocenters. The first-order chi connectivity index (χ1) is 12.7. The van der Waals surface area contributed by atoms with Crippen molar-refractivity contribution in [2.24, 2.45) is 0 Å². The van der Waals surface area contributed by atoms with Crippen LogP contribution in [0.2, 0.25) is 10.0 Å². The van der Waals surface area contributed by atoms with E-state index in [4.69, 9.17) is 27.6 Å². The van der Waals surface area contributed by atoms with Gasteiger partial charge < -0.3 is 4.42 Å². The van der Waals surface area contributed by atoms with Crippen molar-refractivity contribution in [2.75, 3.05) is 0 Å². The average Bonchev–Trinajstić information content (AvgIpc) is 3.31. The summed E-state index contributed by atoms with van der Waals surface area (Å²) < 4.78 is 7.83. The summed E-state index contributed by atoms with van der Waals surface area (Å²) in [5.74, 6) is 2.21. The Bertz CT molecular complexity index is 853. The Labute approximate surface area is 166 Å². The average molecular weight is 408 g/mol. The minimum absolute atomic E-state index is 0.406. The highest BCUT2D eigenvalue weighted by Crippen LogP contribution is 2.37. The fraction of sp³-hybridized carbons (Fsp3) is 0.368. The third-order valence-corrected chi connectivity index (χ3v) is 6.43. The molecule has 136 valence electrons. The molecule has 1 aliphatic carbocycles. The van der Waals surface area contributed by atoms with Crippen molar-refractivity contribution in [3.8, 4) is 11.6 Å². The minimum Gasteiger partial charge on any atom is -0.461 e. The lowest BCUT2D eigenvalue weighted by Crippen LogP contribution is -2.15. The van der Waals surface area contributed by atoms with Gasteiger partial charge in [0.1, 0.15) is 0 Å². The van der Waals surface area contributed by atoms with E-state index in [2.05, 4.69) is 14.8 Å². The number of hydrogen-bond acceptors (Lipinski definition) is 4. The van der Waals surface area contributed by atoms with Crippen LogP contribution in [0, 0.1) is 0 Å². The number of nitrogens with zero attached hydrogens (tertiary/aromatic N) is 3. The van der Waals surface area contributed by atoms with Crippen molar-refractivity contribution < 1.29 is 4.42 Å². The Morgan fingerprint density at radius 3 is 2.50 bits per heavy atom. The summed E-state index contributed by atoms with van der Waals surface area (Å²) in [6.07, 6.45) is 7.73. The number of aromatic nitrogens is 3. The molecule has 0 N–H and O–H groups in total. The van der Waals surface area contributed by atoms with Crippen molar-refractivity contribution in [1.82, 2.24) is 14.8 Å². The monoisotopic (exact) mass is 407 g/mol. The Hall–Kier alpha value is -1.43. The molecule has 0 saturated heterocycles. The van der Waals surface area contributed by atoms with E-state index in [1.807, 2.05) is 30.3 Å². The summed E-state index contributed by atoms with van der Waals surface area (Å²) in [5.41, 5.74) is 0.929. The van der Waals surface area contributed by atoms with Crippen LogP contribution in [0.3, 0.4) is 0 Å². The molecule has 7 heteroatoms. The molecular weight excluding hydrogens is 389 g/mol. The van der Waals surface area contributed by atoms with Gasteiger partial charge in [0.15, 0.2) is 10.9 Å². The number of hydrogen-bond donors (Lipinski definition) is 0. The lowest BCUT2D eigenvalue weighted by molar-refractivity contribution is 0.337. The van der Waals surface area contributed by atoms with E-state index >= 15 is 0 Å². The van der Waals surface area contributed by atoms with Gasteiger partial charge in [-0.05, 0) is 42.7 Å². The van der Waals surface area contributed by atoms with E-state index < -0.39 is 0 Å². The highest BCUT2D eigenvalue weighted by Gasteiger charge is 2.25. The van der Waals surface area contributed by atoms with E-state index in [1.54, 1.807) is 18.0 Å².